The van der Waals surface area contributed by atoms with Gasteiger partial charge in [-0.2, -0.15) is 11.8 Å². The number of nitrogens with one attached hydrogen (secondary N) is 1. The minimum Gasteiger partial charge on any atom is -0.478 e. The Labute approximate surface area is 117 Å². The van der Waals surface area contributed by atoms with E-state index in [1.807, 2.05) is 13.2 Å². The van der Waals surface area contributed by atoms with E-state index < -0.39 is 16.0 Å². The number of carboxylic acid groups (broad SMARTS) is 1. The maximum absolute atomic E-state index is 12.0. The summed E-state index contributed by atoms with van der Waals surface area (Å²) in [7, 11) is -3.65. The fourth-order valence-corrected chi connectivity index (χ4v) is 3.37. The molecule has 19 heavy (non-hydrogen) atoms. The largest absolute Gasteiger partial charge is 0.478 e. The molecule has 0 saturated heterocycles. The van der Waals surface area contributed by atoms with Crippen molar-refractivity contribution in [3.63, 3.8) is 0 Å². The van der Waals surface area contributed by atoms with Crippen LogP contribution >= 0.6 is 11.8 Å². The van der Waals surface area contributed by atoms with Crippen LogP contribution in [0.3, 0.4) is 0 Å². The summed E-state index contributed by atoms with van der Waals surface area (Å²) in [5.74, 6) is -0.0715. The molecule has 0 spiro atoms. The van der Waals surface area contributed by atoms with Gasteiger partial charge in [0, 0.05) is 6.54 Å². The smallest absolute Gasteiger partial charge is 0.335 e. The summed E-state index contributed by atoms with van der Waals surface area (Å²) < 4.78 is 26.5. The number of hydrogen-bond acceptors (Lipinski definition) is 4. The normalized spacial score (nSPS) is 13.2. The molecule has 0 heterocycles. The van der Waals surface area contributed by atoms with Gasteiger partial charge in [0.1, 0.15) is 0 Å². The lowest BCUT2D eigenvalue weighted by Crippen LogP contribution is -2.29. The summed E-state index contributed by atoms with van der Waals surface area (Å²) in [6.45, 7) is 2.28. The summed E-state index contributed by atoms with van der Waals surface area (Å²) >= 11 is 1.65. The number of hydrogen-bond donors (Lipinski definition) is 2. The fraction of sp³-hybridized carbons (Fsp3) is 0.417. The van der Waals surface area contributed by atoms with Gasteiger partial charge in [0.15, 0.2) is 0 Å². The first-order valence-electron chi connectivity index (χ1n) is 5.69. The van der Waals surface area contributed by atoms with Gasteiger partial charge in [0.25, 0.3) is 0 Å². The summed E-state index contributed by atoms with van der Waals surface area (Å²) in [5.41, 5.74) is -0.0416. The van der Waals surface area contributed by atoms with E-state index in [1.165, 1.54) is 18.2 Å². The Morgan fingerprint density at radius 3 is 2.74 bits per heavy atom. The third kappa shape index (κ3) is 4.85. The molecule has 1 atom stereocenters. The number of rotatable bonds is 7. The van der Waals surface area contributed by atoms with Gasteiger partial charge in [-0.15, -0.1) is 0 Å². The van der Waals surface area contributed by atoms with Gasteiger partial charge in [-0.05, 0) is 36.1 Å². The van der Waals surface area contributed by atoms with Crippen LogP contribution in [-0.4, -0.2) is 38.0 Å². The number of thioether (sulfide) groups is 1. The highest BCUT2D eigenvalue weighted by Crippen LogP contribution is 2.12. The van der Waals surface area contributed by atoms with Crippen molar-refractivity contribution in [2.75, 3.05) is 18.6 Å². The maximum atomic E-state index is 12.0. The van der Waals surface area contributed by atoms with Crippen molar-refractivity contribution in [3.8, 4) is 0 Å². The average Bonchev–Trinajstić information content (AvgIpc) is 2.37. The molecule has 0 saturated carbocycles. The topological polar surface area (TPSA) is 83.5 Å². The zero-order chi connectivity index (χ0) is 14.5. The van der Waals surface area contributed by atoms with E-state index >= 15 is 0 Å². The SMILES string of the molecule is CSCC(C)CNS(=O)(=O)c1cccc(C(=O)O)c1. The quantitative estimate of drug-likeness (QED) is 0.800. The Bertz CT molecular complexity index is 542. The van der Waals surface area contributed by atoms with Crippen LogP contribution in [0.25, 0.3) is 0 Å². The van der Waals surface area contributed by atoms with Gasteiger partial charge < -0.3 is 5.11 Å². The summed E-state index contributed by atoms with van der Waals surface area (Å²) in [4.78, 5) is 10.8. The lowest BCUT2D eigenvalue weighted by Gasteiger charge is -2.12. The predicted octanol–water partition coefficient (Wildman–Crippen LogP) is 1.66. The van der Waals surface area contributed by atoms with E-state index in [1.54, 1.807) is 11.8 Å². The Hall–Kier alpha value is -1.05. The van der Waals surface area contributed by atoms with E-state index in [9.17, 15) is 13.2 Å². The molecule has 1 aromatic carbocycles. The second kappa shape index (κ2) is 6.93. The van der Waals surface area contributed by atoms with Crippen molar-refractivity contribution >= 4 is 27.8 Å². The van der Waals surface area contributed by atoms with Crippen molar-refractivity contribution in [1.29, 1.82) is 0 Å². The number of carboxylic acids is 1. The monoisotopic (exact) mass is 303 g/mol. The van der Waals surface area contributed by atoms with Crippen molar-refractivity contribution in [2.45, 2.75) is 11.8 Å². The molecule has 0 aliphatic carbocycles. The molecule has 0 aliphatic heterocycles. The Morgan fingerprint density at radius 2 is 2.16 bits per heavy atom. The van der Waals surface area contributed by atoms with Crippen molar-refractivity contribution in [2.24, 2.45) is 5.92 Å². The molecular weight excluding hydrogens is 286 g/mol. The maximum Gasteiger partial charge on any atom is 0.335 e. The summed E-state index contributed by atoms with van der Waals surface area (Å²) in [6.07, 6.45) is 1.96. The van der Waals surface area contributed by atoms with Crippen LogP contribution in [0.4, 0.5) is 0 Å². The summed E-state index contributed by atoms with van der Waals surface area (Å²) in [5, 5.41) is 8.85. The first-order valence-corrected chi connectivity index (χ1v) is 8.56. The standard InChI is InChI=1S/C12H17NO4S2/c1-9(8-18-2)7-13-19(16,17)11-5-3-4-10(6-11)12(14)15/h3-6,9,13H,7-8H2,1-2H3,(H,14,15). The second-order valence-electron chi connectivity index (χ2n) is 4.25. The molecule has 0 amide bonds. The van der Waals surface area contributed by atoms with Crippen LogP contribution in [0, 0.1) is 5.92 Å². The molecule has 1 rings (SSSR count). The number of aromatic carboxylic acids is 1. The van der Waals surface area contributed by atoms with Gasteiger partial charge in [-0.3, -0.25) is 0 Å². The zero-order valence-corrected chi connectivity index (χ0v) is 12.4. The Morgan fingerprint density at radius 1 is 1.47 bits per heavy atom. The molecule has 0 fully saturated rings. The van der Waals surface area contributed by atoms with Crippen LogP contribution in [-0.2, 0) is 10.0 Å². The Kier molecular flexibility index (Phi) is 5.84. The highest BCUT2D eigenvalue weighted by molar-refractivity contribution is 7.98. The highest BCUT2D eigenvalue weighted by Gasteiger charge is 2.16. The van der Waals surface area contributed by atoms with Gasteiger partial charge in [-0.1, -0.05) is 13.0 Å². The molecule has 2 N–H and O–H groups in total. The van der Waals surface area contributed by atoms with Crippen LogP contribution in [0.2, 0.25) is 0 Å². The van der Waals surface area contributed by atoms with E-state index in [0.29, 0.717) is 6.54 Å². The predicted molar refractivity (Wildman–Crippen MR) is 76.1 cm³/mol. The lowest BCUT2D eigenvalue weighted by molar-refractivity contribution is 0.0696. The lowest BCUT2D eigenvalue weighted by atomic mass is 10.2. The van der Waals surface area contributed by atoms with E-state index in [-0.39, 0.29) is 16.4 Å². The molecule has 0 bridgehead atoms. The number of benzene rings is 1. The molecule has 0 radical (unpaired) electrons. The first kappa shape index (κ1) is 16.0. The Balaban J connectivity index is 2.83. The highest BCUT2D eigenvalue weighted by atomic mass is 32.2. The molecule has 1 aromatic rings. The number of sulfonamides is 1. The van der Waals surface area contributed by atoms with Crippen LogP contribution in [0.1, 0.15) is 17.3 Å². The minimum atomic E-state index is -3.65. The van der Waals surface area contributed by atoms with E-state index in [4.69, 9.17) is 5.11 Å². The van der Waals surface area contributed by atoms with Crippen LogP contribution in [0.15, 0.2) is 29.2 Å². The third-order valence-electron chi connectivity index (χ3n) is 2.46. The third-order valence-corrected chi connectivity index (χ3v) is 4.79. The number of carbonyl (C=O) groups is 1. The zero-order valence-electron chi connectivity index (χ0n) is 10.8. The average molecular weight is 303 g/mol. The summed E-state index contributed by atoms with van der Waals surface area (Å²) in [6, 6.07) is 5.32. The van der Waals surface area contributed by atoms with Crippen molar-refractivity contribution < 1.29 is 18.3 Å². The van der Waals surface area contributed by atoms with Gasteiger partial charge in [0.2, 0.25) is 10.0 Å². The molecule has 7 heteroatoms. The second-order valence-corrected chi connectivity index (χ2v) is 6.92. The molecule has 1 unspecified atom stereocenters. The van der Waals surface area contributed by atoms with E-state index in [0.717, 1.165) is 11.8 Å². The van der Waals surface area contributed by atoms with Gasteiger partial charge >= 0.3 is 5.97 Å². The minimum absolute atomic E-state index is 0.0243. The van der Waals surface area contributed by atoms with Gasteiger partial charge in [0.05, 0.1) is 10.5 Å². The van der Waals surface area contributed by atoms with Crippen molar-refractivity contribution in [1.82, 2.24) is 4.72 Å². The van der Waals surface area contributed by atoms with Crippen LogP contribution in [0.5, 0.6) is 0 Å². The van der Waals surface area contributed by atoms with Gasteiger partial charge in [-0.25, -0.2) is 17.9 Å². The van der Waals surface area contributed by atoms with E-state index in [2.05, 4.69) is 4.72 Å². The fourth-order valence-electron chi connectivity index (χ4n) is 1.48. The van der Waals surface area contributed by atoms with Crippen LogP contribution < -0.4 is 4.72 Å². The van der Waals surface area contributed by atoms with Crippen molar-refractivity contribution in [3.05, 3.63) is 29.8 Å². The molecule has 0 aromatic heterocycles. The molecule has 0 aliphatic rings. The molecular formula is C12H17NO4S2. The first-order chi connectivity index (χ1) is 8.86. The molecule has 5 nitrogen and oxygen atoms in total. The molecule has 106 valence electrons.